The second kappa shape index (κ2) is 8.54. The van der Waals surface area contributed by atoms with E-state index in [1.165, 1.54) is 4.31 Å². The maximum Gasteiger partial charge on any atom is 0.243 e. The van der Waals surface area contributed by atoms with E-state index in [0.29, 0.717) is 19.4 Å². The average Bonchev–Trinajstić information content (AvgIpc) is 2.69. The molecular weight excluding hydrogens is 428 g/mol. The largest absolute Gasteiger partial charge is 0.326 e. The highest BCUT2D eigenvalue weighted by Gasteiger charge is 2.33. The van der Waals surface area contributed by atoms with Gasteiger partial charge in [-0.2, -0.15) is 4.31 Å². The lowest BCUT2D eigenvalue weighted by atomic mass is 9.98. The van der Waals surface area contributed by atoms with E-state index >= 15 is 0 Å². The van der Waals surface area contributed by atoms with Crippen LogP contribution in [0.5, 0.6) is 0 Å². The first kappa shape index (κ1) is 20.0. The highest BCUT2D eigenvalue weighted by molar-refractivity contribution is 9.10. The van der Waals surface area contributed by atoms with Crippen molar-refractivity contribution in [2.24, 2.45) is 5.92 Å². The minimum atomic E-state index is -3.60. The molecule has 1 amide bonds. The Labute approximate surface area is 169 Å². The number of sulfonamides is 1. The van der Waals surface area contributed by atoms with Gasteiger partial charge in [0.25, 0.3) is 0 Å². The third kappa shape index (κ3) is 4.59. The van der Waals surface area contributed by atoms with Crippen LogP contribution in [0.3, 0.4) is 0 Å². The van der Waals surface area contributed by atoms with Gasteiger partial charge in [0.05, 0.1) is 10.8 Å². The molecule has 1 fully saturated rings. The molecule has 7 heteroatoms. The molecule has 3 rings (SSSR count). The standard InChI is InChI=1S/C20H23BrN2O3S/c1-2-15-6-3-4-8-19(15)22-20(24)16-7-5-13-23(14-16)27(25,26)18-11-9-17(21)10-12-18/h3-4,6,8-12,16H,2,5,7,13-14H2,1H3,(H,22,24)/t16-/m1/s1. The van der Waals surface area contributed by atoms with E-state index < -0.39 is 10.0 Å². The molecular formula is C20H23BrN2O3S. The van der Waals surface area contributed by atoms with Gasteiger partial charge in [-0.05, 0) is 55.2 Å². The number of carbonyl (C=O) groups is 1. The predicted molar refractivity (Wildman–Crippen MR) is 110 cm³/mol. The van der Waals surface area contributed by atoms with Crippen LogP contribution in [0.1, 0.15) is 25.3 Å². The Bertz CT molecular complexity index is 913. The Morgan fingerprint density at radius 2 is 1.89 bits per heavy atom. The van der Waals surface area contributed by atoms with E-state index in [1.54, 1.807) is 24.3 Å². The second-order valence-corrected chi connectivity index (χ2v) is 9.51. The van der Waals surface area contributed by atoms with Crippen molar-refractivity contribution < 1.29 is 13.2 Å². The fourth-order valence-electron chi connectivity index (χ4n) is 3.32. The van der Waals surface area contributed by atoms with Gasteiger partial charge in [-0.3, -0.25) is 4.79 Å². The molecule has 1 aliphatic heterocycles. The molecule has 1 atom stereocenters. The molecule has 1 N–H and O–H groups in total. The van der Waals surface area contributed by atoms with E-state index in [2.05, 4.69) is 21.2 Å². The number of piperidine rings is 1. The number of halogens is 1. The Morgan fingerprint density at radius 1 is 1.19 bits per heavy atom. The van der Waals surface area contributed by atoms with Gasteiger partial charge in [0.2, 0.25) is 15.9 Å². The zero-order valence-electron chi connectivity index (χ0n) is 15.2. The summed E-state index contributed by atoms with van der Waals surface area (Å²) in [6.45, 7) is 2.68. The maximum atomic E-state index is 12.9. The molecule has 144 valence electrons. The first-order valence-corrected chi connectivity index (χ1v) is 11.3. The van der Waals surface area contributed by atoms with Crippen LogP contribution in [0.2, 0.25) is 0 Å². The molecule has 1 aliphatic rings. The van der Waals surface area contributed by atoms with Gasteiger partial charge < -0.3 is 5.32 Å². The van der Waals surface area contributed by atoms with Crippen molar-refractivity contribution >= 4 is 37.5 Å². The first-order valence-electron chi connectivity index (χ1n) is 9.06. The molecule has 0 unspecified atom stereocenters. The maximum absolute atomic E-state index is 12.9. The van der Waals surface area contributed by atoms with E-state index in [9.17, 15) is 13.2 Å². The van der Waals surface area contributed by atoms with Gasteiger partial charge in [0.15, 0.2) is 0 Å². The number of anilines is 1. The lowest BCUT2D eigenvalue weighted by Crippen LogP contribution is -2.43. The molecule has 0 aromatic heterocycles. The smallest absolute Gasteiger partial charge is 0.243 e. The topological polar surface area (TPSA) is 66.5 Å². The minimum Gasteiger partial charge on any atom is -0.326 e. The summed E-state index contributed by atoms with van der Waals surface area (Å²) in [6, 6.07) is 14.3. The minimum absolute atomic E-state index is 0.119. The third-order valence-electron chi connectivity index (χ3n) is 4.86. The quantitative estimate of drug-likeness (QED) is 0.746. The first-order chi connectivity index (χ1) is 12.9. The summed E-state index contributed by atoms with van der Waals surface area (Å²) < 4.78 is 28.1. The lowest BCUT2D eigenvalue weighted by Gasteiger charge is -2.31. The summed E-state index contributed by atoms with van der Waals surface area (Å²) in [5, 5.41) is 2.98. The average molecular weight is 451 g/mol. The summed E-state index contributed by atoms with van der Waals surface area (Å²) in [4.78, 5) is 13.0. The summed E-state index contributed by atoms with van der Waals surface area (Å²) >= 11 is 3.32. The number of amides is 1. The van der Waals surface area contributed by atoms with Gasteiger partial charge in [-0.25, -0.2) is 8.42 Å². The number of hydrogen-bond donors (Lipinski definition) is 1. The van der Waals surface area contributed by atoms with Crippen LogP contribution in [0, 0.1) is 5.92 Å². The van der Waals surface area contributed by atoms with Crippen LogP contribution in [0.4, 0.5) is 5.69 Å². The van der Waals surface area contributed by atoms with Crippen molar-refractivity contribution in [3.8, 4) is 0 Å². The van der Waals surface area contributed by atoms with E-state index in [4.69, 9.17) is 0 Å². The summed E-state index contributed by atoms with van der Waals surface area (Å²) in [5.41, 5.74) is 1.87. The molecule has 0 spiro atoms. The monoisotopic (exact) mass is 450 g/mol. The highest BCUT2D eigenvalue weighted by atomic mass is 79.9. The van der Waals surface area contributed by atoms with Gasteiger partial charge in [-0.1, -0.05) is 41.1 Å². The van der Waals surface area contributed by atoms with Crippen LogP contribution in [0.15, 0.2) is 57.9 Å². The highest BCUT2D eigenvalue weighted by Crippen LogP contribution is 2.26. The number of nitrogens with zero attached hydrogens (tertiary/aromatic N) is 1. The Hall–Kier alpha value is -1.70. The molecule has 1 saturated heterocycles. The summed E-state index contributed by atoms with van der Waals surface area (Å²) in [7, 11) is -3.60. The second-order valence-electron chi connectivity index (χ2n) is 6.66. The number of nitrogens with one attached hydrogen (secondary N) is 1. The molecule has 0 bridgehead atoms. The van der Waals surface area contributed by atoms with Gasteiger partial charge >= 0.3 is 0 Å². The normalized spacial score (nSPS) is 18.2. The van der Waals surface area contributed by atoms with Crippen molar-refractivity contribution in [1.29, 1.82) is 0 Å². The lowest BCUT2D eigenvalue weighted by molar-refractivity contribution is -0.120. The fraction of sp³-hybridized carbons (Fsp3) is 0.350. The van der Waals surface area contributed by atoms with Crippen LogP contribution >= 0.6 is 15.9 Å². The van der Waals surface area contributed by atoms with E-state index in [1.807, 2.05) is 31.2 Å². The van der Waals surface area contributed by atoms with E-state index in [-0.39, 0.29) is 23.3 Å². The van der Waals surface area contributed by atoms with Crippen molar-refractivity contribution in [3.05, 3.63) is 58.6 Å². The van der Waals surface area contributed by atoms with Gasteiger partial charge in [0, 0.05) is 23.2 Å². The molecule has 0 saturated carbocycles. The third-order valence-corrected chi connectivity index (χ3v) is 7.27. The molecule has 27 heavy (non-hydrogen) atoms. The number of rotatable bonds is 5. The zero-order valence-corrected chi connectivity index (χ0v) is 17.6. The number of carbonyl (C=O) groups excluding carboxylic acids is 1. The number of aryl methyl sites for hydroxylation is 1. The van der Waals surface area contributed by atoms with E-state index in [0.717, 1.165) is 22.1 Å². The van der Waals surface area contributed by atoms with Crippen LogP contribution < -0.4 is 5.32 Å². The summed E-state index contributed by atoms with van der Waals surface area (Å²) in [5.74, 6) is -0.472. The number of benzene rings is 2. The van der Waals surface area contributed by atoms with Crippen LogP contribution in [0.25, 0.3) is 0 Å². The molecule has 2 aromatic rings. The van der Waals surface area contributed by atoms with Crippen molar-refractivity contribution in [3.63, 3.8) is 0 Å². The molecule has 0 aliphatic carbocycles. The fourth-order valence-corrected chi connectivity index (χ4v) is 5.10. The SMILES string of the molecule is CCc1ccccc1NC(=O)[C@@H]1CCCN(S(=O)(=O)c2ccc(Br)cc2)C1. The van der Waals surface area contributed by atoms with Gasteiger partial charge in [0.1, 0.15) is 0 Å². The summed E-state index contributed by atoms with van der Waals surface area (Å²) in [6.07, 6.45) is 2.18. The van der Waals surface area contributed by atoms with Crippen molar-refractivity contribution in [2.45, 2.75) is 31.1 Å². The molecule has 0 radical (unpaired) electrons. The Balaban J connectivity index is 1.73. The Kier molecular flexibility index (Phi) is 6.34. The number of hydrogen-bond acceptors (Lipinski definition) is 3. The molecule has 1 heterocycles. The molecule has 2 aromatic carbocycles. The van der Waals surface area contributed by atoms with Crippen molar-refractivity contribution in [2.75, 3.05) is 18.4 Å². The van der Waals surface area contributed by atoms with Crippen LogP contribution in [-0.2, 0) is 21.2 Å². The zero-order chi connectivity index (χ0) is 19.4. The molecule has 5 nitrogen and oxygen atoms in total. The van der Waals surface area contributed by atoms with Gasteiger partial charge in [-0.15, -0.1) is 0 Å². The Morgan fingerprint density at radius 3 is 2.59 bits per heavy atom. The number of para-hydroxylation sites is 1. The van der Waals surface area contributed by atoms with Crippen molar-refractivity contribution in [1.82, 2.24) is 4.31 Å². The van der Waals surface area contributed by atoms with Crippen LogP contribution in [-0.4, -0.2) is 31.7 Å². The predicted octanol–water partition coefficient (Wildman–Crippen LogP) is 4.05.